The monoisotopic (exact) mass is 539 g/mol. The molecule has 2 amide bonds. The first-order valence-corrected chi connectivity index (χ1v) is 12.9. The van der Waals surface area contributed by atoms with Gasteiger partial charge in [-0.2, -0.15) is 5.10 Å². The molecule has 0 unspecified atom stereocenters. The number of carbonyl (C=O) groups excluding carboxylic acids is 2. The number of hydrogen-bond donors (Lipinski definition) is 4. The number of rotatable bonds is 13. The second kappa shape index (κ2) is 14.1. The molecule has 2 aromatic carbocycles. The third-order valence-corrected chi connectivity index (χ3v) is 6.13. The summed E-state index contributed by atoms with van der Waals surface area (Å²) in [6.45, 7) is 9.82. The quantitative estimate of drug-likeness (QED) is 0.132. The Hall–Kier alpha value is -4.25. The summed E-state index contributed by atoms with van der Waals surface area (Å²) in [5.41, 5.74) is 5.98. The number of hydrazone groups is 1. The van der Waals surface area contributed by atoms with Gasteiger partial charge in [-0.1, -0.05) is 18.2 Å². The molecule has 39 heavy (non-hydrogen) atoms. The number of hydrogen-bond acceptors (Lipinski definition) is 9. The van der Waals surface area contributed by atoms with Crippen LogP contribution in [0.4, 0.5) is 10.5 Å². The fourth-order valence-corrected chi connectivity index (χ4v) is 4.18. The molecule has 0 aliphatic carbocycles. The van der Waals surface area contributed by atoms with Gasteiger partial charge in [-0.05, 0) is 63.1 Å². The van der Waals surface area contributed by atoms with Gasteiger partial charge in [0, 0.05) is 24.5 Å². The molecule has 4 N–H and O–H groups in total. The predicted molar refractivity (Wildman–Crippen MR) is 149 cm³/mol. The van der Waals surface area contributed by atoms with Gasteiger partial charge < -0.3 is 34.9 Å². The summed E-state index contributed by atoms with van der Waals surface area (Å²) >= 11 is 0. The van der Waals surface area contributed by atoms with Gasteiger partial charge >= 0.3 is 12.0 Å². The number of methoxy groups -OCH3 is 1. The number of allylic oxidation sites excluding steroid dienone is 1. The van der Waals surface area contributed by atoms with E-state index in [-0.39, 0.29) is 12.2 Å². The van der Waals surface area contributed by atoms with Crippen molar-refractivity contribution in [2.75, 3.05) is 38.3 Å². The summed E-state index contributed by atoms with van der Waals surface area (Å²) < 4.78 is 16.4. The van der Waals surface area contributed by atoms with E-state index in [9.17, 15) is 14.7 Å². The summed E-state index contributed by atoms with van der Waals surface area (Å²) in [7, 11) is 1.28. The molecule has 1 heterocycles. The lowest BCUT2D eigenvalue weighted by Crippen LogP contribution is -2.45. The maximum Gasteiger partial charge on any atom is 0.337 e. The van der Waals surface area contributed by atoms with Crippen LogP contribution < -0.4 is 30.4 Å². The lowest BCUT2D eigenvalue weighted by atomic mass is 9.95. The standard InChI is InChI=1S/C28H37N5O6/c1-6-33(7-2)21-12-9-19(10-13-21)16-29-32-24(34)17-39-22-14-11-20(15-23(22)38-8-3)26-25(27(35)37-5)18(4)30-28(36)31-26/h9-16,24,26,32,34H,6-8,17H2,1-5H3,(H2,30,31,36)/b29-16-/t24-,26+/m1/s1. The Labute approximate surface area is 228 Å². The Morgan fingerprint density at radius 1 is 1.13 bits per heavy atom. The van der Waals surface area contributed by atoms with Crippen LogP contribution >= 0.6 is 0 Å². The van der Waals surface area contributed by atoms with Crippen LogP contribution in [0.1, 0.15) is 44.9 Å². The normalized spacial score (nSPS) is 15.8. The van der Waals surface area contributed by atoms with Crippen molar-refractivity contribution in [2.45, 2.75) is 40.0 Å². The Kier molecular flexibility index (Phi) is 10.6. The summed E-state index contributed by atoms with van der Waals surface area (Å²) in [5, 5.41) is 19.8. The molecule has 11 heteroatoms. The van der Waals surface area contributed by atoms with Gasteiger partial charge in [-0.15, -0.1) is 0 Å². The maximum atomic E-state index is 12.4. The zero-order valence-electron chi connectivity index (χ0n) is 23.0. The fourth-order valence-electron chi connectivity index (χ4n) is 4.18. The summed E-state index contributed by atoms with van der Waals surface area (Å²) in [6.07, 6.45) is 0.544. The highest BCUT2D eigenvalue weighted by Gasteiger charge is 2.32. The Morgan fingerprint density at radius 2 is 1.85 bits per heavy atom. The van der Waals surface area contributed by atoms with E-state index in [0.29, 0.717) is 29.4 Å². The molecule has 0 fully saturated rings. The zero-order chi connectivity index (χ0) is 28.4. The first-order chi connectivity index (χ1) is 18.8. The second-order valence-corrected chi connectivity index (χ2v) is 8.68. The molecule has 1 aliphatic heterocycles. The van der Waals surface area contributed by atoms with E-state index >= 15 is 0 Å². The van der Waals surface area contributed by atoms with Crippen molar-refractivity contribution >= 4 is 23.9 Å². The number of ether oxygens (including phenoxy) is 3. The molecule has 0 spiro atoms. The smallest absolute Gasteiger partial charge is 0.337 e. The minimum Gasteiger partial charge on any atom is -0.490 e. The summed E-state index contributed by atoms with van der Waals surface area (Å²) in [5.74, 6) is 0.226. The van der Waals surface area contributed by atoms with E-state index in [1.54, 1.807) is 31.3 Å². The van der Waals surface area contributed by atoms with Crippen molar-refractivity contribution < 1.29 is 28.9 Å². The first kappa shape index (κ1) is 29.3. The molecular formula is C28H37N5O6. The largest absolute Gasteiger partial charge is 0.490 e. The third-order valence-electron chi connectivity index (χ3n) is 6.13. The molecule has 3 rings (SSSR count). The minimum atomic E-state index is -1.08. The van der Waals surface area contributed by atoms with Gasteiger partial charge in [0.05, 0.1) is 31.5 Å². The molecule has 210 valence electrons. The molecule has 1 aliphatic rings. The summed E-state index contributed by atoms with van der Waals surface area (Å²) in [6, 6.07) is 11.9. The van der Waals surface area contributed by atoms with E-state index in [1.165, 1.54) is 7.11 Å². The van der Waals surface area contributed by atoms with Gasteiger partial charge in [-0.25, -0.2) is 9.59 Å². The van der Waals surface area contributed by atoms with Crippen LogP contribution in [-0.4, -0.2) is 63.0 Å². The number of nitrogens with one attached hydrogen (secondary N) is 3. The van der Waals surface area contributed by atoms with Gasteiger partial charge in [-0.3, -0.25) is 5.43 Å². The third kappa shape index (κ3) is 7.64. The van der Waals surface area contributed by atoms with Crippen molar-refractivity contribution in [3.8, 4) is 11.5 Å². The van der Waals surface area contributed by atoms with E-state index < -0.39 is 24.3 Å². The fraction of sp³-hybridized carbons (Fsp3) is 0.393. The van der Waals surface area contributed by atoms with Crippen LogP contribution in [0, 0.1) is 0 Å². The van der Waals surface area contributed by atoms with Crippen molar-refractivity contribution in [1.82, 2.24) is 16.1 Å². The average Bonchev–Trinajstić information content (AvgIpc) is 2.93. The number of anilines is 1. The topological polar surface area (TPSA) is 134 Å². The molecule has 0 bridgehead atoms. The number of aliphatic hydroxyl groups is 1. The number of aliphatic hydroxyl groups excluding tert-OH is 1. The van der Waals surface area contributed by atoms with Crippen LogP contribution in [-0.2, 0) is 9.53 Å². The second-order valence-electron chi connectivity index (χ2n) is 8.68. The number of urea groups is 1. The van der Waals surface area contributed by atoms with Crippen molar-refractivity contribution in [1.29, 1.82) is 0 Å². The van der Waals surface area contributed by atoms with Crippen LogP contribution in [0.3, 0.4) is 0 Å². The number of benzene rings is 2. The lowest BCUT2D eigenvalue weighted by Gasteiger charge is -2.28. The average molecular weight is 540 g/mol. The Bertz CT molecular complexity index is 1190. The molecular weight excluding hydrogens is 502 g/mol. The maximum absolute atomic E-state index is 12.4. The van der Waals surface area contributed by atoms with E-state index in [0.717, 1.165) is 24.3 Å². The number of carbonyl (C=O) groups is 2. The Morgan fingerprint density at radius 3 is 2.49 bits per heavy atom. The van der Waals surface area contributed by atoms with Crippen LogP contribution in [0.5, 0.6) is 11.5 Å². The van der Waals surface area contributed by atoms with E-state index in [1.807, 2.05) is 31.2 Å². The highest BCUT2D eigenvalue weighted by Crippen LogP contribution is 2.34. The molecule has 0 saturated heterocycles. The highest BCUT2D eigenvalue weighted by molar-refractivity contribution is 5.95. The minimum absolute atomic E-state index is 0.103. The Balaban J connectivity index is 1.65. The van der Waals surface area contributed by atoms with E-state index in [2.05, 4.69) is 39.9 Å². The lowest BCUT2D eigenvalue weighted by molar-refractivity contribution is -0.136. The molecule has 0 saturated carbocycles. The summed E-state index contributed by atoms with van der Waals surface area (Å²) in [4.78, 5) is 26.7. The van der Waals surface area contributed by atoms with Gasteiger partial charge in [0.15, 0.2) is 17.7 Å². The number of amides is 2. The van der Waals surface area contributed by atoms with Crippen LogP contribution in [0.25, 0.3) is 0 Å². The molecule has 0 radical (unpaired) electrons. The molecule has 2 atom stereocenters. The highest BCUT2D eigenvalue weighted by atomic mass is 16.5. The first-order valence-electron chi connectivity index (χ1n) is 12.9. The predicted octanol–water partition coefficient (Wildman–Crippen LogP) is 3.05. The van der Waals surface area contributed by atoms with Crippen LogP contribution in [0.15, 0.2) is 58.8 Å². The van der Waals surface area contributed by atoms with Gasteiger partial charge in [0.2, 0.25) is 0 Å². The van der Waals surface area contributed by atoms with Gasteiger partial charge in [0.1, 0.15) is 6.61 Å². The molecule has 0 aromatic heterocycles. The van der Waals surface area contributed by atoms with E-state index in [4.69, 9.17) is 14.2 Å². The SMILES string of the molecule is CCOc1cc([C@@H]2NC(=O)NC(C)=C2C(=O)OC)ccc1OC[C@@H](O)N/N=C\c1ccc(N(CC)CC)cc1. The van der Waals surface area contributed by atoms with Crippen molar-refractivity contribution in [3.05, 3.63) is 64.9 Å². The molecule has 2 aromatic rings. The van der Waals surface area contributed by atoms with Crippen molar-refractivity contribution in [3.63, 3.8) is 0 Å². The number of esters is 1. The molecule has 11 nitrogen and oxygen atoms in total. The number of nitrogens with zero attached hydrogens (tertiary/aromatic N) is 2. The van der Waals surface area contributed by atoms with Gasteiger partial charge in [0.25, 0.3) is 0 Å². The van der Waals surface area contributed by atoms with Crippen molar-refractivity contribution in [2.24, 2.45) is 5.10 Å². The van der Waals surface area contributed by atoms with Crippen LogP contribution in [0.2, 0.25) is 0 Å². The zero-order valence-corrected chi connectivity index (χ0v) is 23.0.